The molecule has 0 aliphatic heterocycles. The number of nitrogens with zero attached hydrogens (tertiary/aromatic N) is 3. The van der Waals surface area contributed by atoms with E-state index in [1.54, 1.807) is 0 Å². The lowest BCUT2D eigenvalue weighted by Crippen LogP contribution is -2.38. The second-order valence-electron chi connectivity index (χ2n) is 5.01. The minimum absolute atomic E-state index is 0.129. The molecule has 0 radical (unpaired) electrons. The van der Waals surface area contributed by atoms with Gasteiger partial charge in [-0.1, -0.05) is 26.0 Å². The zero-order valence-electron chi connectivity index (χ0n) is 12.5. The van der Waals surface area contributed by atoms with Crippen LogP contribution in [0, 0.1) is 6.92 Å². The molecule has 1 N–H and O–H groups in total. The first kappa shape index (κ1) is 14.7. The summed E-state index contributed by atoms with van der Waals surface area (Å²) in [7, 11) is 0. The Kier molecular flexibility index (Phi) is 4.90. The van der Waals surface area contributed by atoms with Crippen molar-refractivity contribution < 1.29 is 5.11 Å². The van der Waals surface area contributed by atoms with E-state index in [9.17, 15) is 5.11 Å². The molecule has 0 fully saturated rings. The van der Waals surface area contributed by atoms with Gasteiger partial charge in [0.1, 0.15) is 0 Å². The van der Waals surface area contributed by atoms with Gasteiger partial charge in [0.2, 0.25) is 0 Å². The molecule has 0 atom stereocenters. The molecule has 0 saturated carbocycles. The van der Waals surface area contributed by atoms with Crippen LogP contribution in [-0.2, 0) is 0 Å². The van der Waals surface area contributed by atoms with Crippen molar-refractivity contribution in [2.75, 3.05) is 18.1 Å². The lowest BCUT2D eigenvalue weighted by molar-refractivity contribution is 0.295. The number of aryl methyl sites for hydroxylation is 1. The predicted octanol–water partition coefficient (Wildman–Crippen LogP) is 2.93. The van der Waals surface area contributed by atoms with Crippen molar-refractivity contribution in [3.05, 3.63) is 30.0 Å². The zero-order valence-corrected chi connectivity index (χ0v) is 12.5. The first-order valence-corrected chi connectivity index (χ1v) is 7.32. The fraction of sp³-hybridized carbons (Fsp3) is 0.500. The third-order valence-corrected chi connectivity index (χ3v) is 3.72. The second-order valence-corrected chi connectivity index (χ2v) is 5.01. The minimum Gasteiger partial charge on any atom is -0.395 e. The van der Waals surface area contributed by atoms with Crippen molar-refractivity contribution >= 4 is 16.9 Å². The molecule has 2 rings (SSSR count). The Morgan fingerprint density at radius 2 is 1.70 bits per heavy atom. The smallest absolute Gasteiger partial charge is 0.151 e. The summed E-state index contributed by atoms with van der Waals surface area (Å²) < 4.78 is 0. The normalized spacial score (nSPS) is 11.2. The average molecular weight is 273 g/mol. The summed E-state index contributed by atoms with van der Waals surface area (Å²) >= 11 is 0. The lowest BCUT2D eigenvalue weighted by Gasteiger charge is -2.32. The number of para-hydroxylation sites is 2. The van der Waals surface area contributed by atoms with E-state index in [2.05, 4.69) is 23.7 Å². The van der Waals surface area contributed by atoms with Gasteiger partial charge in [-0.25, -0.2) is 9.97 Å². The third-order valence-electron chi connectivity index (χ3n) is 3.72. The number of rotatable bonds is 6. The predicted molar refractivity (Wildman–Crippen MR) is 83.1 cm³/mol. The van der Waals surface area contributed by atoms with Crippen LogP contribution in [0.1, 0.15) is 32.4 Å². The maximum atomic E-state index is 9.35. The summed E-state index contributed by atoms with van der Waals surface area (Å²) in [6.45, 7) is 7.05. The van der Waals surface area contributed by atoms with Crippen LogP contribution in [-0.4, -0.2) is 34.3 Å². The van der Waals surface area contributed by atoms with Crippen LogP contribution in [0.15, 0.2) is 24.3 Å². The summed E-state index contributed by atoms with van der Waals surface area (Å²) in [6.07, 6.45) is 2.06. The first-order chi connectivity index (χ1) is 9.71. The summed E-state index contributed by atoms with van der Waals surface area (Å²) in [5.74, 6) is 0.895. The van der Waals surface area contributed by atoms with E-state index < -0.39 is 0 Å². The van der Waals surface area contributed by atoms with E-state index in [0.717, 1.165) is 35.4 Å². The van der Waals surface area contributed by atoms with Crippen molar-refractivity contribution in [3.8, 4) is 0 Å². The minimum atomic E-state index is 0.129. The monoisotopic (exact) mass is 273 g/mol. The Morgan fingerprint density at radius 1 is 1.10 bits per heavy atom. The van der Waals surface area contributed by atoms with Crippen LogP contribution < -0.4 is 4.90 Å². The lowest BCUT2D eigenvalue weighted by atomic mass is 10.1. The average Bonchev–Trinajstić information content (AvgIpc) is 2.47. The molecule has 1 aromatic carbocycles. The van der Waals surface area contributed by atoms with Crippen LogP contribution in [0.3, 0.4) is 0 Å². The number of aliphatic hydroxyl groups excluding tert-OH is 1. The van der Waals surface area contributed by atoms with Crippen molar-refractivity contribution in [2.45, 2.75) is 39.7 Å². The van der Waals surface area contributed by atoms with E-state index in [4.69, 9.17) is 4.98 Å². The molecule has 4 heteroatoms. The highest BCUT2D eigenvalue weighted by atomic mass is 16.3. The molecule has 0 unspecified atom stereocenters. The highest BCUT2D eigenvalue weighted by Gasteiger charge is 2.19. The van der Waals surface area contributed by atoms with Gasteiger partial charge in [-0.3, -0.25) is 0 Å². The number of hydrogen-bond donors (Lipinski definition) is 1. The molecular weight excluding hydrogens is 250 g/mol. The van der Waals surface area contributed by atoms with Gasteiger partial charge in [0.25, 0.3) is 0 Å². The van der Waals surface area contributed by atoms with Crippen LogP contribution in [0.2, 0.25) is 0 Å². The Hall–Kier alpha value is -1.68. The highest BCUT2D eigenvalue weighted by molar-refractivity contribution is 5.76. The molecule has 2 aromatic rings. The van der Waals surface area contributed by atoms with Crippen molar-refractivity contribution in [3.63, 3.8) is 0 Å². The number of hydrogen-bond acceptors (Lipinski definition) is 4. The van der Waals surface area contributed by atoms with Gasteiger partial charge in [0, 0.05) is 12.6 Å². The first-order valence-electron chi connectivity index (χ1n) is 7.32. The number of aromatic nitrogens is 2. The molecule has 0 bridgehead atoms. The van der Waals surface area contributed by atoms with Crippen molar-refractivity contribution in [1.29, 1.82) is 0 Å². The van der Waals surface area contributed by atoms with Gasteiger partial charge in [0.05, 0.1) is 23.3 Å². The molecule has 0 aliphatic rings. The van der Waals surface area contributed by atoms with Crippen molar-refractivity contribution in [1.82, 2.24) is 9.97 Å². The van der Waals surface area contributed by atoms with Crippen LogP contribution >= 0.6 is 0 Å². The summed E-state index contributed by atoms with van der Waals surface area (Å²) in [5, 5.41) is 9.35. The zero-order chi connectivity index (χ0) is 14.5. The molecule has 0 amide bonds. The molecular formula is C16H23N3O. The number of fused-ring (bicyclic) bond motifs is 1. The van der Waals surface area contributed by atoms with Crippen LogP contribution in [0.25, 0.3) is 11.0 Å². The molecule has 4 nitrogen and oxygen atoms in total. The largest absolute Gasteiger partial charge is 0.395 e. The van der Waals surface area contributed by atoms with Crippen molar-refractivity contribution in [2.24, 2.45) is 0 Å². The quantitative estimate of drug-likeness (QED) is 0.879. The highest BCUT2D eigenvalue weighted by Crippen LogP contribution is 2.23. The SMILES string of the molecule is CCC(CC)N(CCO)c1nc2ccccc2nc1C. The maximum absolute atomic E-state index is 9.35. The van der Waals surface area contributed by atoms with Gasteiger partial charge >= 0.3 is 0 Å². The van der Waals surface area contributed by atoms with E-state index in [1.165, 1.54) is 0 Å². The van der Waals surface area contributed by atoms with Gasteiger partial charge in [0.15, 0.2) is 5.82 Å². The number of anilines is 1. The van der Waals surface area contributed by atoms with E-state index in [0.29, 0.717) is 12.6 Å². The Morgan fingerprint density at radius 3 is 2.25 bits per heavy atom. The fourth-order valence-electron chi connectivity index (χ4n) is 2.65. The van der Waals surface area contributed by atoms with E-state index >= 15 is 0 Å². The standard InChI is InChI=1S/C16H23N3O/c1-4-13(5-2)19(10-11-20)16-12(3)17-14-8-6-7-9-15(14)18-16/h6-9,13,20H,4-5,10-11H2,1-3H3. The molecule has 108 valence electrons. The maximum Gasteiger partial charge on any atom is 0.151 e. The third kappa shape index (κ3) is 2.90. The van der Waals surface area contributed by atoms with Gasteiger partial charge < -0.3 is 10.0 Å². The van der Waals surface area contributed by atoms with Crippen LogP contribution in [0.5, 0.6) is 0 Å². The second kappa shape index (κ2) is 6.66. The Bertz CT molecular complexity index is 567. The van der Waals surface area contributed by atoms with Gasteiger partial charge in [-0.05, 0) is 31.9 Å². The van der Waals surface area contributed by atoms with Crippen LogP contribution in [0.4, 0.5) is 5.82 Å². The Labute approximate surface area is 120 Å². The fourth-order valence-corrected chi connectivity index (χ4v) is 2.65. The number of benzene rings is 1. The molecule has 0 saturated heterocycles. The Balaban J connectivity index is 2.49. The molecule has 0 spiro atoms. The summed E-state index contributed by atoms with van der Waals surface area (Å²) in [5.41, 5.74) is 2.74. The van der Waals surface area contributed by atoms with E-state index in [1.807, 2.05) is 31.2 Å². The topological polar surface area (TPSA) is 49.2 Å². The molecule has 1 aromatic heterocycles. The van der Waals surface area contributed by atoms with Gasteiger partial charge in [-0.15, -0.1) is 0 Å². The van der Waals surface area contributed by atoms with E-state index in [-0.39, 0.29) is 6.61 Å². The molecule has 20 heavy (non-hydrogen) atoms. The molecule has 0 aliphatic carbocycles. The molecule has 1 heterocycles. The number of aliphatic hydroxyl groups is 1. The summed E-state index contributed by atoms with van der Waals surface area (Å²) in [4.78, 5) is 11.6. The van der Waals surface area contributed by atoms with Gasteiger partial charge in [-0.2, -0.15) is 0 Å². The summed E-state index contributed by atoms with van der Waals surface area (Å²) in [6, 6.07) is 8.30.